The molecule has 5 rings (SSSR count). The molecule has 1 aliphatic heterocycles. The van der Waals surface area contributed by atoms with Gasteiger partial charge in [-0.2, -0.15) is 0 Å². The summed E-state index contributed by atoms with van der Waals surface area (Å²) < 4.78 is 31.6. The molecule has 0 spiro atoms. The van der Waals surface area contributed by atoms with Gasteiger partial charge in [0, 0.05) is 6.07 Å². The van der Waals surface area contributed by atoms with E-state index in [4.69, 9.17) is 9.47 Å². The van der Waals surface area contributed by atoms with Crippen LogP contribution >= 0.6 is 0 Å². The Kier molecular flexibility index (Phi) is 7.78. The molecule has 0 aliphatic carbocycles. The highest BCUT2D eigenvalue weighted by Gasteiger charge is 2.28. The number of methoxy groups -OCH3 is 1. The van der Waals surface area contributed by atoms with Crippen LogP contribution < -0.4 is 14.4 Å². The number of nitrogens with zero attached hydrogens (tertiary/aromatic N) is 1. The molecule has 1 heterocycles. The van der Waals surface area contributed by atoms with E-state index in [0.717, 1.165) is 30.7 Å². The summed E-state index contributed by atoms with van der Waals surface area (Å²) in [7, 11) is 1.30. The highest BCUT2D eigenvalue weighted by molar-refractivity contribution is 5.86. The van der Waals surface area contributed by atoms with Crippen LogP contribution in [0.3, 0.4) is 0 Å². The second-order valence-electron chi connectivity index (χ2n) is 9.70. The summed E-state index contributed by atoms with van der Waals surface area (Å²) in [5, 5.41) is 2.57. The van der Waals surface area contributed by atoms with Crippen LogP contribution in [0, 0.1) is 5.82 Å². The lowest BCUT2D eigenvalue weighted by Gasteiger charge is -2.36. The average molecular weight is 514 g/mol. The van der Waals surface area contributed by atoms with Crippen LogP contribution in [0.2, 0.25) is 0 Å². The molecule has 0 saturated heterocycles. The number of para-hydroxylation sites is 2. The topological polar surface area (TPSA) is 48.0 Å². The minimum atomic E-state index is -0.495. The zero-order chi connectivity index (χ0) is 26.5. The van der Waals surface area contributed by atoms with Crippen molar-refractivity contribution in [1.82, 2.24) is 0 Å². The number of fused-ring (bicyclic) bond motifs is 2. The molecule has 0 saturated carbocycles. The van der Waals surface area contributed by atoms with Gasteiger partial charge in [0.1, 0.15) is 23.4 Å². The molecular formula is C32H32FNO4. The van der Waals surface area contributed by atoms with Gasteiger partial charge >= 0.3 is 5.97 Å². The first kappa shape index (κ1) is 25.6. The van der Waals surface area contributed by atoms with Crippen LogP contribution in [-0.4, -0.2) is 32.3 Å². The lowest BCUT2D eigenvalue weighted by atomic mass is 9.90. The number of hydrogen-bond acceptors (Lipinski definition) is 5. The number of carbonyl (C=O) groups is 1. The molecule has 0 radical (unpaired) electrons. The van der Waals surface area contributed by atoms with E-state index in [-0.39, 0.29) is 18.5 Å². The third-order valence-electron chi connectivity index (χ3n) is 7.15. The highest BCUT2D eigenvalue weighted by Crippen LogP contribution is 2.41. The first-order valence-electron chi connectivity index (χ1n) is 13.0. The van der Waals surface area contributed by atoms with Crippen molar-refractivity contribution >= 4 is 28.1 Å². The van der Waals surface area contributed by atoms with Crippen LogP contribution in [0.4, 0.5) is 15.8 Å². The quantitative estimate of drug-likeness (QED) is 0.218. The van der Waals surface area contributed by atoms with Crippen LogP contribution in [-0.2, 0) is 9.53 Å². The molecule has 1 unspecified atom stereocenters. The predicted octanol–water partition coefficient (Wildman–Crippen LogP) is 7.40. The van der Waals surface area contributed by atoms with E-state index < -0.39 is 5.97 Å². The third-order valence-corrected chi connectivity index (χ3v) is 7.15. The molecule has 2 atom stereocenters. The normalized spacial score (nSPS) is 15.4. The van der Waals surface area contributed by atoms with E-state index in [0.29, 0.717) is 23.9 Å². The van der Waals surface area contributed by atoms with Gasteiger partial charge < -0.3 is 19.1 Å². The van der Waals surface area contributed by atoms with Crippen LogP contribution in [0.25, 0.3) is 10.8 Å². The van der Waals surface area contributed by atoms with Gasteiger partial charge in [-0.3, -0.25) is 0 Å². The minimum absolute atomic E-state index is 0.0938. The van der Waals surface area contributed by atoms with Crippen LogP contribution in [0.15, 0.2) is 84.9 Å². The Hall–Kier alpha value is -4.06. The van der Waals surface area contributed by atoms with Gasteiger partial charge in [0.05, 0.1) is 25.0 Å². The van der Waals surface area contributed by atoms with Crippen molar-refractivity contribution in [3.05, 3.63) is 96.3 Å². The summed E-state index contributed by atoms with van der Waals surface area (Å²) in [5.41, 5.74) is 2.56. The molecule has 0 amide bonds. The Bertz CT molecular complexity index is 1420. The van der Waals surface area contributed by atoms with Gasteiger partial charge in [-0.25, -0.2) is 9.18 Å². The first-order chi connectivity index (χ1) is 18.5. The van der Waals surface area contributed by atoms with E-state index >= 15 is 4.39 Å². The number of ether oxygens (including phenoxy) is 3. The maximum Gasteiger partial charge on any atom is 0.343 e. The summed E-state index contributed by atoms with van der Waals surface area (Å²) in [6.45, 7) is 2.55. The molecule has 5 nitrogen and oxygen atoms in total. The summed E-state index contributed by atoms with van der Waals surface area (Å²) in [6.07, 6.45) is 2.76. The van der Waals surface area contributed by atoms with Crippen molar-refractivity contribution in [2.45, 2.75) is 38.2 Å². The molecule has 38 heavy (non-hydrogen) atoms. The van der Waals surface area contributed by atoms with Gasteiger partial charge in [0.2, 0.25) is 0 Å². The van der Waals surface area contributed by atoms with Crippen molar-refractivity contribution in [2.75, 3.05) is 25.2 Å². The van der Waals surface area contributed by atoms with Gasteiger partial charge in [-0.15, -0.1) is 0 Å². The fraction of sp³-hybridized carbons (Fsp3) is 0.281. The van der Waals surface area contributed by atoms with Crippen molar-refractivity contribution < 1.29 is 23.4 Å². The Balaban J connectivity index is 1.30. The van der Waals surface area contributed by atoms with Gasteiger partial charge in [0.15, 0.2) is 6.61 Å². The average Bonchev–Trinajstić information content (AvgIpc) is 2.95. The van der Waals surface area contributed by atoms with Crippen molar-refractivity contribution in [2.24, 2.45) is 0 Å². The third kappa shape index (κ3) is 5.59. The van der Waals surface area contributed by atoms with Crippen LogP contribution in [0.5, 0.6) is 11.5 Å². The molecule has 4 aromatic rings. The molecular weight excluding hydrogens is 481 g/mol. The SMILES string of the molecule is COC(=O)COc1ccc(F)c(N2CC(CCC[C@H](C)c3cccc4ccccc34)Oc3ccccc32)c1. The second kappa shape index (κ2) is 11.5. The van der Waals surface area contributed by atoms with E-state index in [1.807, 2.05) is 29.2 Å². The van der Waals surface area contributed by atoms with Crippen molar-refractivity contribution in [3.63, 3.8) is 0 Å². The number of esters is 1. The monoisotopic (exact) mass is 513 g/mol. The number of halogens is 1. The molecule has 0 N–H and O–H groups in total. The first-order valence-corrected chi connectivity index (χ1v) is 13.0. The lowest BCUT2D eigenvalue weighted by molar-refractivity contribution is -0.142. The zero-order valence-corrected chi connectivity index (χ0v) is 21.7. The number of anilines is 2. The summed E-state index contributed by atoms with van der Waals surface area (Å²) >= 11 is 0. The molecule has 0 bridgehead atoms. The number of benzene rings is 4. The molecule has 1 aliphatic rings. The molecule has 0 aromatic heterocycles. The van der Waals surface area contributed by atoms with E-state index in [1.54, 1.807) is 6.07 Å². The Morgan fingerprint density at radius 2 is 1.82 bits per heavy atom. The van der Waals surface area contributed by atoms with E-state index in [1.165, 1.54) is 35.6 Å². The zero-order valence-electron chi connectivity index (χ0n) is 21.7. The Morgan fingerprint density at radius 1 is 1.03 bits per heavy atom. The van der Waals surface area contributed by atoms with Crippen LogP contribution in [0.1, 0.15) is 37.7 Å². The van der Waals surface area contributed by atoms with Crippen molar-refractivity contribution in [3.8, 4) is 11.5 Å². The summed E-state index contributed by atoms with van der Waals surface area (Å²) in [5.74, 6) is 0.678. The molecule has 4 aromatic carbocycles. The summed E-state index contributed by atoms with van der Waals surface area (Å²) in [6, 6.07) is 27.2. The fourth-order valence-electron chi connectivity index (χ4n) is 5.15. The Morgan fingerprint density at radius 3 is 2.68 bits per heavy atom. The van der Waals surface area contributed by atoms with Gasteiger partial charge in [0.25, 0.3) is 0 Å². The molecule has 0 fully saturated rings. The lowest BCUT2D eigenvalue weighted by Crippen LogP contribution is -2.37. The maximum atomic E-state index is 15.1. The number of rotatable bonds is 9. The highest BCUT2D eigenvalue weighted by atomic mass is 19.1. The second-order valence-corrected chi connectivity index (χ2v) is 9.70. The van der Waals surface area contributed by atoms with Gasteiger partial charge in [-0.1, -0.05) is 61.5 Å². The largest absolute Gasteiger partial charge is 0.486 e. The fourth-order valence-corrected chi connectivity index (χ4v) is 5.15. The molecule has 196 valence electrons. The van der Waals surface area contributed by atoms with Crippen molar-refractivity contribution in [1.29, 1.82) is 0 Å². The Labute approximate surface area is 222 Å². The standard InChI is InChI=1S/C32H32FNO4/c1-22(26-14-8-11-23-10-3-4-13-27(23)26)9-7-12-25-20-34(29-15-5-6-16-31(29)38-25)30-19-24(17-18-28(30)33)37-21-32(35)36-2/h3-6,8,10-11,13-19,22,25H,7,9,12,20-21H2,1-2H3/t22-,25?/m0/s1. The van der Waals surface area contributed by atoms with E-state index in [2.05, 4.69) is 54.1 Å². The maximum absolute atomic E-state index is 15.1. The number of carbonyl (C=O) groups excluding carboxylic acids is 1. The predicted molar refractivity (Wildman–Crippen MR) is 148 cm³/mol. The van der Waals surface area contributed by atoms with E-state index in [9.17, 15) is 4.79 Å². The summed E-state index contributed by atoms with van der Waals surface area (Å²) in [4.78, 5) is 13.4. The smallest absolute Gasteiger partial charge is 0.343 e. The van der Waals surface area contributed by atoms with Gasteiger partial charge in [-0.05, 0) is 65.8 Å². The minimum Gasteiger partial charge on any atom is -0.486 e. The molecule has 6 heteroatoms. The number of hydrogen-bond donors (Lipinski definition) is 0.